The van der Waals surface area contributed by atoms with Crippen LogP contribution in [0.15, 0.2) is 45.8 Å². The van der Waals surface area contributed by atoms with Gasteiger partial charge < -0.3 is 4.57 Å². The zero-order chi connectivity index (χ0) is 14.0. The lowest BCUT2D eigenvalue weighted by atomic mass is 10.2. The van der Waals surface area contributed by atoms with E-state index in [9.17, 15) is 14.9 Å². The summed E-state index contributed by atoms with van der Waals surface area (Å²) >= 11 is 9.26. The highest BCUT2D eigenvalue weighted by Gasteiger charge is 2.10. The number of hydrogen-bond acceptors (Lipinski definition) is 3. The molecule has 0 atom stereocenters. The normalized spacial score (nSPS) is 10.4. The number of nitro groups is 1. The highest BCUT2D eigenvalue weighted by Crippen LogP contribution is 2.22. The van der Waals surface area contributed by atoms with Crippen molar-refractivity contribution >= 4 is 33.2 Å². The number of nitro benzene ring substituents is 1. The van der Waals surface area contributed by atoms with E-state index < -0.39 is 4.92 Å². The molecule has 2 aromatic rings. The van der Waals surface area contributed by atoms with Crippen molar-refractivity contribution in [1.29, 1.82) is 0 Å². The Bertz CT molecular complexity index is 700. The van der Waals surface area contributed by atoms with E-state index in [0.29, 0.717) is 10.6 Å². The molecular weight excluding hydrogens is 336 g/mol. The fourth-order valence-corrected chi connectivity index (χ4v) is 2.16. The van der Waals surface area contributed by atoms with Crippen LogP contribution in [-0.2, 0) is 6.54 Å². The van der Waals surface area contributed by atoms with Gasteiger partial charge >= 0.3 is 0 Å². The molecular formula is C12H8BrClN2O3. The first-order valence-corrected chi connectivity index (χ1v) is 6.43. The lowest BCUT2D eigenvalue weighted by Crippen LogP contribution is -2.19. The Labute approximate surface area is 121 Å². The van der Waals surface area contributed by atoms with Crippen molar-refractivity contribution in [2.45, 2.75) is 6.54 Å². The average Bonchev–Trinajstić information content (AvgIpc) is 2.36. The first-order valence-electron chi connectivity index (χ1n) is 5.26. The van der Waals surface area contributed by atoms with Crippen molar-refractivity contribution in [3.8, 4) is 0 Å². The Kier molecular flexibility index (Phi) is 4.01. The Morgan fingerprint density at radius 3 is 2.74 bits per heavy atom. The van der Waals surface area contributed by atoms with Gasteiger partial charge in [-0.3, -0.25) is 14.9 Å². The molecule has 0 radical (unpaired) electrons. The second kappa shape index (κ2) is 5.54. The molecule has 0 aliphatic carbocycles. The standard InChI is InChI=1S/C12H8BrClN2O3/c13-9-1-4-12(17)15(7-9)6-8-5-10(16(18)19)2-3-11(8)14/h1-5,7H,6H2. The minimum Gasteiger partial charge on any atom is -0.310 e. The number of halogens is 2. The minimum atomic E-state index is -0.497. The number of nitrogens with zero attached hydrogens (tertiary/aromatic N) is 2. The highest BCUT2D eigenvalue weighted by atomic mass is 79.9. The number of pyridine rings is 1. The summed E-state index contributed by atoms with van der Waals surface area (Å²) in [5.74, 6) is 0. The summed E-state index contributed by atoms with van der Waals surface area (Å²) in [5.41, 5.74) is 0.268. The van der Waals surface area contributed by atoms with Gasteiger partial charge in [0.2, 0.25) is 0 Å². The number of non-ortho nitro benzene ring substituents is 1. The van der Waals surface area contributed by atoms with E-state index in [0.717, 1.165) is 4.47 Å². The maximum absolute atomic E-state index is 11.7. The monoisotopic (exact) mass is 342 g/mol. The maximum atomic E-state index is 11.7. The molecule has 0 aliphatic heterocycles. The third-order valence-corrected chi connectivity index (χ3v) is 3.37. The van der Waals surface area contributed by atoms with Crippen molar-refractivity contribution in [3.05, 3.63) is 72.1 Å². The van der Waals surface area contributed by atoms with Crippen LogP contribution >= 0.6 is 27.5 Å². The van der Waals surface area contributed by atoms with Crippen LogP contribution < -0.4 is 5.56 Å². The third kappa shape index (κ3) is 3.21. The van der Waals surface area contributed by atoms with E-state index in [-0.39, 0.29) is 17.8 Å². The van der Waals surface area contributed by atoms with Gasteiger partial charge in [0.05, 0.1) is 11.5 Å². The van der Waals surface area contributed by atoms with Gasteiger partial charge in [0.25, 0.3) is 11.2 Å². The fourth-order valence-electron chi connectivity index (χ4n) is 1.61. The van der Waals surface area contributed by atoms with Gasteiger partial charge in [0.1, 0.15) is 0 Å². The molecule has 0 spiro atoms. The SMILES string of the molecule is O=c1ccc(Br)cn1Cc1cc([N+](=O)[O-])ccc1Cl. The van der Waals surface area contributed by atoms with Gasteiger partial charge in [-0.2, -0.15) is 0 Å². The fraction of sp³-hybridized carbons (Fsp3) is 0.0833. The molecule has 0 N–H and O–H groups in total. The van der Waals surface area contributed by atoms with Gasteiger partial charge in [-0.25, -0.2) is 0 Å². The predicted molar refractivity (Wildman–Crippen MR) is 75.6 cm³/mol. The molecule has 1 heterocycles. The molecule has 5 nitrogen and oxygen atoms in total. The van der Waals surface area contributed by atoms with Crippen LogP contribution in [0.1, 0.15) is 5.56 Å². The summed E-state index contributed by atoms with van der Waals surface area (Å²) in [6, 6.07) is 7.20. The Balaban J connectivity index is 2.43. The molecule has 0 aliphatic rings. The van der Waals surface area contributed by atoms with Crippen LogP contribution in [0.25, 0.3) is 0 Å². The predicted octanol–water partition coefficient (Wildman–Crippen LogP) is 3.22. The Hall–Kier alpha value is -1.66. The molecule has 1 aromatic carbocycles. The third-order valence-electron chi connectivity index (χ3n) is 2.53. The lowest BCUT2D eigenvalue weighted by molar-refractivity contribution is -0.384. The van der Waals surface area contributed by atoms with Crippen LogP contribution in [-0.4, -0.2) is 9.49 Å². The first kappa shape index (κ1) is 13.8. The number of rotatable bonds is 3. The summed E-state index contributed by atoms with van der Waals surface area (Å²) in [6.45, 7) is 0.179. The van der Waals surface area contributed by atoms with Crippen molar-refractivity contribution in [2.24, 2.45) is 0 Å². The molecule has 0 amide bonds. The van der Waals surface area contributed by atoms with E-state index in [1.54, 1.807) is 12.3 Å². The van der Waals surface area contributed by atoms with Crippen LogP contribution in [0.3, 0.4) is 0 Å². The molecule has 2 rings (SSSR count). The van der Waals surface area contributed by atoms with E-state index in [1.807, 2.05) is 0 Å². The van der Waals surface area contributed by atoms with E-state index in [1.165, 1.54) is 28.8 Å². The Morgan fingerprint density at radius 2 is 2.05 bits per heavy atom. The van der Waals surface area contributed by atoms with E-state index in [4.69, 9.17) is 11.6 Å². The number of benzene rings is 1. The smallest absolute Gasteiger partial charge is 0.269 e. The molecule has 0 saturated carbocycles. The molecule has 1 aromatic heterocycles. The molecule has 0 unspecified atom stereocenters. The molecule has 7 heteroatoms. The van der Waals surface area contributed by atoms with Crippen molar-refractivity contribution < 1.29 is 4.92 Å². The highest BCUT2D eigenvalue weighted by molar-refractivity contribution is 9.10. The number of hydrogen-bond donors (Lipinski definition) is 0. The van der Waals surface area contributed by atoms with E-state index in [2.05, 4.69) is 15.9 Å². The first-order chi connectivity index (χ1) is 8.97. The van der Waals surface area contributed by atoms with Gasteiger partial charge in [-0.1, -0.05) is 11.6 Å². The van der Waals surface area contributed by atoms with Gasteiger partial charge in [-0.15, -0.1) is 0 Å². The summed E-state index contributed by atoms with van der Waals surface area (Å²) in [5, 5.41) is 11.1. The second-order valence-corrected chi connectivity index (χ2v) is 5.17. The van der Waals surface area contributed by atoms with Crippen molar-refractivity contribution in [1.82, 2.24) is 4.57 Å². The summed E-state index contributed by atoms with van der Waals surface area (Å²) in [6.07, 6.45) is 1.61. The van der Waals surface area contributed by atoms with Crippen molar-refractivity contribution in [3.63, 3.8) is 0 Å². The summed E-state index contributed by atoms with van der Waals surface area (Å²) in [4.78, 5) is 21.9. The molecule has 98 valence electrons. The summed E-state index contributed by atoms with van der Waals surface area (Å²) in [7, 11) is 0. The van der Waals surface area contributed by atoms with Crippen LogP contribution in [0.5, 0.6) is 0 Å². The Morgan fingerprint density at radius 1 is 1.32 bits per heavy atom. The zero-order valence-corrected chi connectivity index (χ0v) is 11.9. The van der Waals surface area contributed by atoms with Crippen LogP contribution in [0, 0.1) is 10.1 Å². The topological polar surface area (TPSA) is 65.1 Å². The van der Waals surface area contributed by atoms with E-state index >= 15 is 0 Å². The largest absolute Gasteiger partial charge is 0.310 e. The summed E-state index contributed by atoms with van der Waals surface area (Å²) < 4.78 is 2.17. The van der Waals surface area contributed by atoms with Crippen LogP contribution in [0.4, 0.5) is 5.69 Å². The second-order valence-electron chi connectivity index (χ2n) is 3.85. The van der Waals surface area contributed by atoms with Gasteiger partial charge in [0, 0.05) is 33.9 Å². The molecule has 19 heavy (non-hydrogen) atoms. The van der Waals surface area contributed by atoms with Gasteiger partial charge in [0.15, 0.2) is 0 Å². The van der Waals surface area contributed by atoms with Crippen LogP contribution in [0.2, 0.25) is 5.02 Å². The zero-order valence-electron chi connectivity index (χ0n) is 9.55. The molecule has 0 saturated heterocycles. The van der Waals surface area contributed by atoms with Gasteiger partial charge in [-0.05, 0) is 33.6 Å². The van der Waals surface area contributed by atoms with Crippen molar-refractivity contribution in [2.75, 3.05) is 0 Å². The molecule has 0 bridgehead atoms. The number of aromatic nitrogens is 1. The minimum absolute atomic E-state index is 0.0533. The average molecular weight is 344 g/mol. The lowest BCUT2D eigenvalue weighted by Gasteiger charge is -2.07. The molecule has 0 fully saturated rings. The quantitative estimate of drug-likeness (QED) is 0.635. The maximum Gasteiger partial charge on any atom is 0.269 e.